The third kappa shape index (κ3) is 5.72. The van der Waals surface area contributed by atoms with E-state index in [4.69, 9.17) is 5.73 Å². The van der Waals surface area contributed by atoms with Gasteiger partial charge >= 0.3 is 0 Å². The number of guanidine groups is 1. The third-order valence-electron chi connectivity index (χ3n) is 4.04. The van der Waals surface area contributed by atoms with Gasteiger partial charge in [-0.15, -0.1) is 0 Å². The molecular formula is C17H28N6O. The van der Waals surface area contributed by atoms with E-state index in [2.05, 4.69) is 27.1 Å². The number of nitrogens with one attached hydrogen (secondary N) is 1. The van der Waals surface area contributed by atoms with Gasteiger partial charge in [0.25, 0.3) is 0 Å². The maximum absolute atomic E-state index is 12.3. The van der Waals surface area contributed by atoms with Gasteiger partial charge in [-0.3, -0.25) is 9.79 Å². The highest BCUT2D eigenvalue weighted by Crippen LogP contribution is 2.12. The Bertz CT molecular complexity index is 525. The van der Waals surface area contributed by atoms with Crippen molar-refractivity contribution in [1.29, 1.82) is 0 Å². The number of hydrogen-bond acceptors (Lipinski definition) is 4. The normalized spacial score (nSPS) is 15.5. The van der Waals surface area contributed by atoms with Crippen molar-refractivity contribution in [3.05, 3.63) is 24.4 Å². The SMILES string of the molecule is CCCCN=C(N)NCCC(=O)N1CCN(c2ccccn2)CC1. The van der Waals surface area contributed by atoms with Crippen LogP contribution in [0.1, 0.15) is 26.2 Å². The zero-order chi connectivity index (χ0) is 17.2. The average molecular weight is 332 g/mol. The predicted molar refractivity (Wildman–Crippen MR) is 97.0 cm³/mol. The first-order valence-corrected chi connectivity index (χ1v) is 8.68. The highest BCUT2D eigenvalue weighted by atomic mass is 16.2. The summed E-state index contributed by atoms with van der Waals surface area (Å²) in [6.45, 7) is 6.48. The molecule has 0 bridgehead atoms. The van der Waals surface area contributed by atoms with Gasteiger partial charge < -0.3 is 20.9 Å². The van der Waals surface area contributed by atoms with E-state index in [1.54, 1.807) is 6.20 Å². The van der Waals surface area contributed by atoms with Crippen molar-refractivity contribution in [2.45, 2.75) is 26.2 Å². The Kier molecular flexibility index (Phi) is 7.32. The molecule has 7 heteroatoms. The number of anilines is 1. The van der Waals surface area contributed by atoms with Crippen LogP contribution in [0.15, 0.2) is 29.4 Å². The Labute approximate surface area is 143 Å². The second kappa shape index (κ2) is 9.75. The molecule has 1 aromatic heterocycles. The van der Waals surface area contributed by atoms with Gasteiger partial charge in [0.05, 0.1) is 0 Å². The monoisotopic (exact) mass is 332 g/mol. The summed E-state index contributed by atoms with van der Waals surface area (Å²) in [5.41, 5.74) is 5.76. The van der Waals surface area contributed by atoms with Crippen LogP contribution in [0.4, 0.5) is 5.82 Å². The highest BCUT2D eigenvalue weighted by molar-refractivity contribution is 5.80. The standard InChI is InChI=1S/C17H28N6O/c1-2-3-8-20-17(18)21-10-7-16(24)23-13-11-22(12-14-23)15-6-4-5-9-19-15/h4-6,9H,2-3,7-8,10-14H2,1H3,(H3,18,20,21). The minimum Gasteiger partial charge on any atom is -0.370 e. The number of nitrogens with two attached hydrogens (primary N) is 1. The molecule has 3 N–H and O–H groups in total. The molecule has 0 spiro atoms. The lowest BCUT2D eigenvalue weighted by atomic mass is 10.2. The summed E-state index contributed by atoms with van der Waals surface area (Å²) in [4.78, 5) is 24.9. The van der Waals surface area contributed by atoms with Crippen molar-refractivity contribution in [2.24, 2.45) is 10.7 Å². The molecular weight excluding hydrogens is 304 g/mol. The zero-order valence-electron chi connectivity index (χ0n) is 14.4. The van der Waals surface area contributed by atoms with Crippen molar-refractivity contribution < 1.29 is 4.79 Å². The molecule has 1 aliphatic rings. The number of rotatable bonds is 7. The molecule has 0 unspecified atom stereocenters. The van der Waals surface area contributed by atoms with E-state index in [0.717, 1.165) is 51.4 Å². The van der Waals surface area contributed by atoms with Crippen LogP contribution in [-0.2, 0) is 4.79 Å². The molecule has 24 heavy (non-hydrogen) atoms. The number of piperazine rings is 1. The Morgan fingerprint density at radius 2 is 2.12 bits per heavy atom. The van der Waals surface area contributed by atoms with Crippen molar-refractivity contribution in [3.8, 4) is 0 Å². The molecule has 1 aliphatic heterocycles. The van der Waals surface area contributed by atoms with Crippen LogP contribution in [0.3, 0.4) is 0 Å². The quantitative estimate of drug-likeness (QED) is 0.439. The van der Waals surface area contributed by atoms with Gasteiger partial charge in [0, 0.05) is 51.9 Å². The largest absolute Gasteiger partial charge is 0.370 e. The summed E-state index contributed by atoms with van der Waals surface area (Å²) in [5, 5.41) is 3.01. The number of aliphatic imine (C=N–C) groups is 1. The Hall–Kier alpha value is -2.31. The molecule has 1 amide bonds. The van der Waals surface area contributed by atoms with Crippen LogP contribution in [0.25, 0.3) is 0 Å². The Balaban J connectivity index is 1.67. The number of carbonyl (C=O) groups excluding carboxylic acids is 1. The second-order valence-corrected chi connectivity index (χ2v) is 5.85. The smallest absolute Gasteiger partial charge is 0.224 e. The number of hydrogen-bond donors (Lipinski definition) is 2. The van der Waals surface area contributed by atoms with Crippen molar-refractivity contribution in [1.82, 2.24) is 15.2 Å². The van der Waals surface area contributed by atoms with Gasteiger partial charge in [-0.25, -0.2) is 4.98 Å². The molecule has 0 atom stereocenters. The van der Waals surface area contributed by atoms with E-state index in [-0.39, 0.29) is 5.91 Å². The summed E-state index contributed by atoms with van der Waals surface area (Å²) < 4.78 is 0. The van der Waals surface area contributed by atoms with Crippen LogP contribution in [0.2, 0.25) is 0 Å². The van der Waals surface area contributed by atoms with Gasteiger partial charge in [-0.2, -0.15) is 0 Å². The second-order valence-electron chi connectivity index (χ2n) is 5.85. The Morgan fingerprint density at radius 1 is 1.33 bits per heavy atom. The topological polar surface area (TPSA) is 86.8 Å². The van der Waals surface area contributed by atoms with Gasteiger partial charge in [-0.05, 0) is 18.6 Å². The fraction of sp³-hybridized carbons (Fsp3) is 0.588. The first-order chi connectivity index (χ1) is 11.7. The molecule has 0 radical (unpaired) electrons. The molecule has 0 aromatic carbocycles. The Morgan fingerprint density at radius 3 is 2.79 bits per heavy atom. The van der Waals surface area contributed by atoms with E-state index in [9.17, 15) is 4.79 Å². The summed E-state index contributed by atoms with van der Waals surface area (Å²) in [6.07, 6.45) is 4.36. The average Bonchev–Trinajstić information content (AvgIpc) is 2.63. The van der Waals surface area contributed by atoms with Crippen molar-refractivity contribution in [3.63, 3.8) is 0 Å². The lowest BCUT2D eigenvalue weighted by Gasteiger charge is -2.35. The number of carbonyl (C=O) groups is 1. The highest BCUT2D eigenvalue weighted by Gasteiger charge is 2.21. The van der Waals surface area contributed by atoms with E-state index in [1.165, 1.54) is 0 Å². The summed E-state index contributed by atoms with van der Waals surface area (Å²) in [6, 6.07) is 5.90. The van der Waals surface area contributed by atoms with Crippen LogP contribution >= 0.6 is 0 Å². The van der Waals surface area contributed by atoms with Crippen molar-refractivity contribution >= 4 is 17.7 Å². The fourth-order valence-electron chi connectivity index (χ4n) is 2.59. The molecule has 0 aliphatic carbocycles. The third-order valence-corrected chi connectivity index (χ3v) is 4.04. The fourth-order valence-corrected chi connectivity index (χ4v) is 2.59. The number of pyridine rings is 1. The molecule has 1 saturated heterocycles. The molecule has 0 saturated carbocycles. The van der Waals surface area contributed by atoms with Gasteiger partial charge in [0.2, 0.25) is 5.91 Å². The van der Waals surface area contributed by atoms with Gasteiger partial charge in [0.15, 0.2) is 5.96 Å². The summed E-state index contributed by atoms with van der Waals surface area (Å²) >= 11 is 0. The summed E-state index contributed by atoms with van der Waals surface area (Å²) in [7, 11) is 0. The minimum atomic E-state index is 0.157. The number of aromatic nitrogens is 1. The van der Waals surface area contributed by atoms with Crippen LogP contribution in [0.5, 0.6) is 0 Å². The number of amides is 1. The van der Waals surface area contributed by atoms with Crippen molar-refractivity contribution in [2.75, 3.05) is 44.2 Å². The van der Waals surface area contributed by atoms with E-state index < -0.39 is 0 Å². The number of nitrogens with zero attached hydrogens (tertiary/aromatic N) is 4. The van der Waals surface area contributed by atoms with Gasteiger partial charge in [0.1, 0.15) is 5.82 Å². The molecule has 132 valence electrons. The van der Waals surface area contributed by atoms with Crippen LogP contribution < -0.4 is 16.0 Å². The predicted octanol–water partition coefficient (Wildman–Crippen LogP) is 0.825. The van der Waals surface area contributed by atoms with E-state index in [1.807, 2.05) is 23.1 Å². The first-order valence-electron chi connectivity index (χ1n) is 8.68. The molecule has 7 nitrogen and oxygen atoms in total. The van der Waals surface area contributed by atoms with Crippen LogP contribution in [-0.4, -0.2) is 61.0 Å². The number of unbranched alkanes of at least 4 members (excludes halogenated alkanes) is 1. The molecule has 2 rings (SSSR count). The lowest BCUT2D eigenvalue weighted by molar-refractivity contribution is -0.131. The molecule has 2 heterocycles. The van der Waals surface area contributed by atoms with E-state index >= 15 is 0 Å². The maximum atomic E-state index is 12.3. The maximum Gasteiger partial charge on any atom is 0.224 e. The minimum absolute atomic E-state index is 0.157. The molecule has 1 fully saturated rings. The lowest BCUT2D eigenvalue weighted by Crippen LogP contribution is -2.49. The van der Waals surface area contributed by atoms with Gasteiger partial charge in [-0.1, -0.05) is 19.4 Å². The first kappa shape index (κ1) is 18.0. The van der Waals surface area contributed by atoms with Crippen LogP contribution in [0, 0.1) is 0 Å². The summed E-state index contributed by atoms with van der Waals surface area (Å²) in [5.74, 6) is 1.56. The molecule has 1 aromatic rings. The zero-order valence-corrected chi connectivity index (χ0v) is 14.4. The van der Waals surface area contributed by atoms with E-state index in [0.29, 0.717) is 18.9 Å².